The highest BCUT2D eigenvalue weighted by molar-refractivity contribution is 5.76. The Morgan fingerprint density at radius 3 is 0.786 bits per heavy atom. The number of aliphatic hydroxyl groups is 2. The van der Waals surface area contributed by atoms with Crippen LogP contribution in [0.4, 0.5) is 0 Å². The van der Waals surface area contributed by atoms with E-state index in [1.54, 1.807) is 6.08 Å². The molecular weight excluding hydrogens is 1200 g/mol. The molecule has 0 heterocycles. The van der Waals surface area contributed by atoms with E-state index in [9.17, 15) is 19.8 Å². The van der Waals surface area contributed by atoms with Crippen molar-refractivity contribution in [1.29, 1.82) is 0 Å². The molecule has 0 bridgehead atoms. The molecule has 0 aromatic rings. The summed E-state index contributed by atoms with van der Waals surface area (Å²) in [4.78, 5) is 24.7. The summed E-state index contributed by atoms with van der Waals surface area (Å²) in [6, 6.07) is -0.628. The summed E-state index contributed by atoms with van der Waals surface area (Å²) < 4.78 is 5.52. The quantitative estimate of drug-likeness (QED) is 0.0320. The SMILES string of the molecule is CCCCCCCC/C=C\CCCCCCCCCCCC(=O)OCCCCCCCCCCCCCCC/C=C\C/C=C\CCCCCCCCCCCCCCCCCCCC(=O)NC(CO)C(O)/C=C/CCCCCCCCCCCCCCCCCCCCCCCCC. The number of amides is 1. The molecule has 578 valence electrons. The van der Waals surface area contributed by atoms with Gasteiger partial charge in [0.25, 0.3) is 0 Å². The van der Waals surface area contributed by atoms with Crippen LogP contribution in [0, 0.1) is 0 Å². The molecule has 6 nitrogen and oxygen atoms in total. The second-order valence-corrected chi connectivity index (χ2v) is 30.9. The fourth-order valence-corrected chi connectivity index (χ4v) is 14.3. The minimum absolute atomic E-state index is 0.0190. The predicted molar refractivity (Wildman–Crippen MR) is 435 cm³/mol. The van der Waals surface area contributed by atoms with Gasteiger partial charge in [-0.1, -0.05) is 448 Å². The lowest BCUT2D eigenvalue weighted by molar-refractivity contribution is -0.143. The molecule has 3 N–H and O–H groups in total. The van der Waals surface area contributed by atoms with Crippen molar-refractivity contribution in [2.24, 2.45) is 0 Å². The summed E-state index contributed by atoms with van der Waals surface area (Å²) in [6.45, 7) is 4.96. The van der Waals surface area contributed by atoms with E-state index in [0.29, 0.717) is 19.4 Å². The number of carbonyl (C=O) groups is 2. The van der Waals surface area contributed by atoms with Crippen LogP contribution >= 0.6 is 0 Å². The van der Waals surface area contributed by atoms with Gasteiger partial charge in [0.2, 0.25) is 5.91 Å². The Balaban J connectivity index is 3.38. The van der Waals surface area contributed by atoms with Gasteiger partial charge in [0.15, 0.2) is 0 Å². The molecule has 0 saturated heterocycles. The summed E-state index contributed by atoms with van der Waals surface area (Å²) in [5.41, 5.74) is 0. The molecule has 0 aromatic carbocycles. The van der Waals surface area contributed by atoms with Gasteiger partial charge in [-0.3, -0.25) is 9.59 Å². The number of hydrogen-bond donors (Lipinski definition) is 3. The lowest BCUT2D eigenvalue weighted by atomic mass is 10.0. The molecule has 0 aliphatic rings. The highest BCUT2D eigenvalue weighted by Crippen LogP contribution is 2.21. The van der Waals surface area contributed by atoms with Crippen LogP contribution in [-0.4, -0.2) is 47.4 Å². The Hall–Kier alpha value is -2.18. The normalized spacial score (nSPS) is 12.7. The van der Waals surface area contributed by atoms with E-state index in [0.717, 1.165) is 44.9 Å². The summed E-state index contributed by atoms with van der Waals surface area (Å²) >= 11 is 0. The Morgan fingerprint density at radius 2 is 0.510 bits per heavy atom. The van der Waals surface area contributed by atoms with E-state index in [1.165, 1.54) is 430 Å². The fourth-order valence-electron chi connectivity index (χ4n) is 14.3. The third-order valence-corrected chi connectivity index (χ3v) is 21.1. The number of carbonyl (C=O) groups excluding carboxylic acids is 2. The number of esters is 1. The van der Waals surface area contributed by atoms with Crippen molar-refractivity contribution >= 4 is 11.9 Å². The van der Waals surface area contributed by atoms with Gasteiger partial charge in [0, 0.05) is 12.8 Å². The standard InChI is InChI=1S/C92H175NO5/c1-3-5-7-9-11-13-15-17-19-21-23-24-25-39-42-45-49-52-56-60-64-68-72-76-80-84-90(95)89(88-94)93-91(96)85-81-77-73-69-65-61-57-53-50-46-43-40-37-35-33-31-29-27-26-28-30-32-34-36-38-41-44-47-51-55-59-63-67-71-75-79-83-87-98-92(97)86-82-78-74-70-66-62-58-54-48-22-20-18-16-14-12-10-8-6-4-2/h18,20,26,28,32,34,80,84,89-90,94-95H,3-17,19,21-25,27,29-31,33,35-79,81-83,85-88H2,1-2H3,(H,93,96)/b20-18-,28-26-,34-32-,84-80+. The van der Waals surface area contributed by atoms with Crippen LogP contribution in [0.25, 0.3) is 0 Å². The van der Waals surface area contributed by atoms with Crippen LogP contribution in [0.5, 0.6) is 0 Å². The number of rotatable bonds is 85. The Kier molecular flexibility index (Phi) is 85.3. The largest absolute Gasteiger partial charge is 0.466 e. The molecule has 0 saturated carbocycles. The minimum atomic E-state index is -0.845. The van der Waals surface area contributed by atoms with Gasteiger partial charge in [-0.2, -0.15) is 0 Å². The highest BCUT2D eigenvalue weighted by atomic mass is 16.5. The summed E-state index contributed by atoms with van der Waals surface area (Å²) in [5, 5.41) is 23.3. The number of nitrogens with one attached hydrogen (secondary N) is 1. The molecule has 1 amide bonds. The van der Waals surface area contributed by atoms with E-state index < -0.39 is 12.1 Å². The predicted octanol–water partition coefficient (Wildman–Crippen LogP) is 30.3. The van der Waals surface area contributed by atoms with Crippen LogP contribution in [0.15, 0.2) is 48.6 Å². The van der Waals surface area contributed by atoms with E-state index >= 15 is 0 Å². The first-order valence-corrected chi connectivity index (χ1v) is 44.9. The van der Waals surface area contributed by atoms with Crippen LogP contribution in [0.3, 0.4) is 0 Å². The number of hydrogen-bond acceptors (Lipinski definition) is 5. The van der Waals surface area contributed by atoms with Gasteiger partial charge in [-0.25, -0.2) is 0 Å². The molecule has 0 radical (unpaired) electrons. The first-order chi connectivity index (χ1) is 48.5. The molecule has 0 rings (SSSR count). The van der Waals surface area contributed by atoms with Crippen molar-refractivity contribution in [3.8, 4) is 0 Å². The molecule has 0 fully saturated rings. The fraction of sp³-hybridized carbons (Fsp3) is 0.891. The van der Waals surface area contributed by atoms with E-state index in [4.69, 9.17) is 4.74 Å². The lowest BCUT2D eigenvalue weighted by Gasteiger charge is -2.20. The number of allylic oxidation sites excluding steroid dienone is 7. The highest BCUT2D eigenvalue weighted by Gasteiger charge is 2.18. The average molecular weight is 1380 g/mol. The number of aliphatic hydroxyl groups excluding tert-OH is 2. The van der Waals surface area contributed by atoms with Crippen LogP contribution in [0.1, 0.15) is 502 Å². The molecule has 0 aliphatic heterocycles. The van der Waals surface area contributed by atoms with Crippen LogP contribution < -0.4 is 5.32 Å². The molecule has 0 aromatic heterocycles. The Bertz CT molecular complexity index is 1640. The van der Waals surface area contributed by atoms with Gasteiger partial charge >= 0.3 is 5.97 Å². The second-order valence-electron chi connectivity index (χ2n) is 30.9. The monoisotopic (exact) mass is 1370 g/mol. The summed E-state index contributed by atoms with van der Waals surface area (Å²) in [7, 11) is 0. The zero-order valence-corrected chi connectivity index (χ0v) is 66.5. The van der Waals surface area contributed by atoms with Gasteiger partial charge in [0.1, 0.15) is 0 Å². The van der Waals surface area contributed by atoms with Crippen molar-refractivity contribution in [3.63, 3.8) is 0 Å². The average Bonchev–Trinajstić information content (AvgIpc) is 1.77. The molecule has 98 heavy (non-hydrogen) atoms. The van der Waals surface area contributed by atoms with Gasteiger partial charge in [-0.15, -0.1) is 0 Å². The van der Waals surface area contributed by atoms with Crippen molar-refractivity contribution in [3.05, 3.63) is 48.6 Å². The first kappa shape index (κ1) is 95.8. The van der Waals surface area contributed by atoms with E-state index in [1.807, 2.05) is 6.08 Å². The third kappa shape index (κ3) is 82.8. The molecular formula is C92H175NO5. The van der Waals surface area contributed by atoms with Crippen molar-refractivity contribution in [1.82, 2.24) is 5.32 Å². The summed E-state index contributed by atoms with van der Waals surface area (Å²) in [5.74, 6) is -0.0407. The Morgan fingerprint density at radius 1 is 0.286 bits per heavy atom. The molecule has 2 unspecified atom stereocenters. The van der Waals surface area contributed by atoms with Crippen molar-refractivity contribution in [2.75, 3.05) is 13.2 Å². The van der Waals surface area contributed by atoms with E-state index in [-0.39, 0.29) is 18.5 Å². The number of unbranched alkanes of at least 4 members (excludes halogenated alkanes) is 68. The smallest absolute Gasteiger partial charge is 0.305 e. The minimum Gasteiger partial charge on any atom is -0.466 e. The zero-order valence-electron chi connectivity index (χ0n) is 66.5. The van der Waals surface area contributed by atoms with Crippen LogP contribution in [0.2, 0.25) is 0 Å². The topological polar surface area (TPSA) is 95.9 Å². The maximum Gasteiger partial charge on any atom is 0.305 e. The van der Waals surface area contributed by atoms with Gasteiger partial charge in [0.05, 0.1) is 25.4 Å². The maximum atomic E-state index is 12.6. The van der Waals surface area contributed by atoms with Crippen molar-refractivity contribution in [2.45, 2.75) is 514 Å². The van der Waals surface area contributed by atoms with E-state index in [2.05, 4.69) is 55.6 Å². The Labute approximate surface area is 614 Å². The van der Waals surface area contributed by atoms with Gasteiger partial charge < -0.3 is 20.3 Å². The first-order valence-electron chi connectivity index (χ1n) is 44.9. The third-order valence-electron chi connectivity index (χ3n) is 21.1. The van der Waals surface area contributed by atoms with Crippen molar-refractivity contribution < 1.29 is 24.5 Å². The second kappa shape index (κ2) is 87.2. The van der Waals surface area contributed by atoms with Gasteiger partial charge in [-0.05, 0) is 89.9 Å². The molecule has 0 spiro atoms. The molecule has 0 aliphatic carbocycles. The summed E-state index contributed by atoms with van der Waals surface area (Å²) in [6.07, 6.45) is 117. The van der Waals surface area contributed by atoms with Crippen LogP contribution in [-0.2, 0) is 14.3 Å². The lowest BCUT2D eigenvalue weighted by Crippen LogP contribution is -2.45. The number of ether oxygens (including phenoxy) is 1. The maximum absolute atomic E-state index is 12.6. The zero-order chi connectivity index (χ0) is 70.5. The molecule has 2 atom stereocenters. The molecule has 6 heteroatoms.